The maximum absolute atomic E-state index is 13.2. The molecule has 0 aliphatic heterocycles. The number of benzene rings is 1. The second-order valence-corrected chi connectivity index (χ2v) is 11.9. The average Bonchev–Trinajstić information content (AvgIpc) is 3.73. The van der Waals surface area contributed by atoms with Crippen LogP contribution in [0.2, 0.25) is 0 Å². The van der Waals surface area contributed by atoms with E-state index in [1.54, 1.807) is 34.9 Å². The average molecular weight is 569 g/mol. The summed E-state index contributed by atoms with van der Waals surface area (Å²) in [4.78, 5) is 40.0. The molecule has 0 radical (unpaired) electrons. The van der Waals surface area contributed by atoms with E-state index in [2.05, 4.69) is 11.9 Å². The van der Waals surface area contributed by atoms with Crippen molar-refractivity contribution in [2.24, 2.45) is 0 Å². The van der Waals surface area contributed by atoms with Crippen LogP contribution in [-0.2, 0) is 21.7 Å². The molecule has 0 unspecified atom stereocenters. The van der Waals surface area contributed by atoms with Crippen molar-refractivity contribution in [3.8, 4) is 0 Å². The van der Waals surface area contributed by atoms with Crippen LogP contribution in [0.25, 0.3) is 11.1 Å². The number of aromatic nitrogens is 1. The van der Waals surface area contributed by atoms with Crippen LogP contribution in [0, 0.1) is 0 Å². The maximum Gasteiger partial charge on any atom is 0.419 e. The normalized spacial score (nSPS) is 18.0. The summed E-state index contributed by atoms with van der Waals surface area (Å²) in [6.07, 6.45) is 5.60. The molecule has 0 atom stereocenters. The summed E-state index contributed by atoms with van der Waals surface area (Å²) in [6.45, 7) is 1.45. The number of thiophene rings is 2. The van der Waals surface area contributed by atoms with Gasteiger partial charge in [0.15, 0.2) is 5.58 Å². The fourth-order valence-electron chi connectivity index (χ4n) is 5.31. The van der Waals surface area contributed by atoms with Crippen LogP contribution in [0.4, 0.5) is 0 Å². The molecule has 0 spiro atoms. The number of oxazole rings is 1. The number of rotatable bonds is 11. The van der Waals surface area contributed by atoms with E-state index < -0.39 is 17.3 Å². The monoisotopic (exact) mass is 568 g/mol. The van der Waals surface area contributed by atoms with Crippen molar-refractivity contribution in [3.05, 3.63) is 79.1 Å². The smallest absolute Gasteiger partial charge is 0.419 e. The van der Waals surface area contributed by atoms with Crippen LogP contribution in [0.5, 0.6) is 0 Å². The Hall–Kier alpha value is -3.05. The highest BCUT2D eigenvalue weighted by Crippen LogP contribution is 2.38. The topological polar surface area (TPSA) is 102 Å². The van der Waals surface area contributed by atoms with Crippen molar-refractivity contribution < 1.29 is 23.8 Å². The highest BCUT2D eigenvalue weighted by Gasteiger charge is 2.45. The molecular weight excluding hydrogens is 536 g/mol. The summed E-state index contributed by atoms with van der Waals surface area (Å²) in [5.41, 5.74) is -0.148. The van der Waals surface area contributed by atoms with Gasteiger partial charge in [0.25, 0.3) is 0 Å². The number of ether oxygens (including phenoxy) is 1. The summed E-state index contributed by atoms with van der Waals surface area (Å²) in [5.74, 6) is -1.01. The lowest BCUT2D eigenvalue weighted by molar-refractivity contribution is -0.169. The SMILES string of the molecule is CN(CCCCn1c(=O)oc2cc(C=O)ccc21)[C@H]1CC[C@H](OC(=O)C(O)(c2cccs2)c2cccs2)CC1. The summed E-state index contributed by atoms with van der Waals surface area (Å²) in [7, 11) is 2.11. The molecule has 3 aromatic heterocycles. The fraction of sp³-hybridized carbons (Fsp3) is 0.414. The lowest BCUT2D eigenvalue weighted by Crippen LogP contribution is -2.42. The molecule has 1 aliphatic rings. The zero-order chi connectivity index (χ0) is 27.4. The Kier molecular flexibility index (Phi) is 8.46. The number of esters is 1. The van der Waals surface area contributed by atoms with Gasteiger partial charge < -0.3 is 19.2 Å². The van der Waals surface area contributed by atoms with Crippen LogP contribution in [0.3, 0.4) is 0 Å². The molecule has 1 fully saturated rings. The van der Waals surface area contributed by atoms with Crippen molar-refractivity contribution in [1.29, 1.82) is 0 Å². The molecule has 3 heterocycles. The van der Waals surface area contributed by atoms with E-state index in [9.17, 15) is 19.5 Å². The summed E-state index contributed by atoms with van der Waals surface area (Å²) >= 11 is 2.69. The van der Waals surface area contributed by atoms with E-state index in [-0.39, 0.29) is 6.10 Å². The van der Waals surface area contributed by atoms with Gasteiger partial charge in [0.1, 0.15) is 12.4 Å². The first-order valence-corrected chi connectivity index (χ1v) is 15.0. The molecule has 1 saturated carbocycles. The molecule has 8 nitrogen and oxygen atoms in total. The zero-order valence-electron chi connectivity index (χ0n) is 21.8. The fourth-order valence-corrected chi connectivity index (χ4v) is 7.03. The van der Waals surface area contributed by atoms with Gasteiger partial charge in [-0.3, -0.25) is 9.36 Å². The van der Waals surface area contributed by atoms with Gasteiger partial charge in [-0.2, -0.15) is 0 Å². The lowest BCUT2D eigenvalue weighted by atomic mass is 9.91. The summed E-state index contributed by atoms with van der Waals surface area (Å²) in [6, 6.07) is 12.6. The second-order valence-electron chi connectivity index (χ2n) is 10.1. The molecule has 1 aromatic carbocycles. The Bertz CT molecular complexity index is 1410. The molecule has 1 N–H and O–H groups in total. The van der Waals surface area contributed by atoms with E-state index in [1.165, 1.54) is 22.7 Å². The highest BCUT2D eigenvalue weighted by atomic mass is 32.1. The number of carbonyl (C=O) groups is 2. The zero-order valence-corrected chi connectivity index (χ0v) is 23.4. The van der Waals surface area contributed by atoms with Gasteiger partial charge in [-0.1, -0.05) is 12.1 Å². The number of fused-ring (bicyclic) bond motifs is 1. The van der Waals surface area contributed by atoms with Crippen molar-refractivity contribution in [3.63, 3.8) is 0 Å². The standard InChI is InChI=1S/C29H32N2O6S2/c1-30(14-2-3-15-31-23-13-8-20(19-32)18-24(23)37-28(31)34)21-9-11-22(12-10-21)36-27(33)29(35,25-6-4-16-38-25)26-7-5-17-39-26/h4-8,13,16-19,21-22,35H,2-3,9-12,14-15H2,1H3/t21-,22-. The molecule has 10 heteroatoms. The van der Waals surface area contributed by atoms with Crippen LogP contribution in [0.1, 0.15) is 58.6 Å². The molecule has 4 aromatic rings. The predicted octanol–water partition coefficient (Wildman–Crippen LogP) is 5.03. The Morgan fingerprint density at radius 1 is 1.13 bits per heavy atom. The molecule has 206 valence electrons. The maximum atomic E-state index is 13.2. The molecule has 0 bridgehead atoms. The number of hydrogen-bond donors (Lipinski definition) is 1. The number of unbranched alkanes of at least 4 members (excludes halogenated alkanes) is 1. The molecule has 5 rings (SSSR count). The molecule has 39 heavy (non-hydrogen) atoms. The van der Waals surface area contributed by atoms with Crippen LogP contribution >= 0.6 is 22.7 Å². The summed E-state index contributed by atoms with van der Waals surface area (Å²) in [5, 5.41) is 15.2. The van der Waals surface area contributed by atoms with E-state index in [0.29, 0.717) is 39.0 Å². The van der Waals surface area contributed by atoms with Crippen LogP contribution in [-0.4, -0.2) is 52.6 Å². The van der Waals surface area contributed by atoms with Gasteiger partial charge in [-0.15, -0.1) is 22.7 Å². The van der Waals surface area contributed by atoms with Crippen molar-refractivity contribution >= 4 is 46.0 Å². The third-order valence-corrected chi connectivity index (χ3v) is 9.52. The third-order valence-electron chi connectivity index (χ3n) is 7.56. The number of carbonyl (C=O) groups excluding carboxylic acids is 2. The minimum atomic E-state index is -1.77. The van der Waals surface area contributed by atoms with E-state index in [4.69, 9.17) is 9.15 Å². The van der Waals surface area contributed by atoms with Gasteiger partial charge in [0, 0.05) is 18.2 Å². The number of aldehydes is 1. The molecule has 0 amide bonds. The first-order chi connectivity index (χ1) is 18.9. The van der Waals surface area contributed by atoms with Crippen LogP contribution < -0.4 is 5.76 Å². The lowest BCUT2D eigenvalue weighted by Gasteiger charge is -2.35. The van der Waals surface area contributed by atoms with Gasteiger partial charge in [-0.25, -0.2) is 9.59 Å². The predicted molar refractivity (Wildman–Crippen MR) is 151 cm³/mol. The van der Waals surface area contributed by atoms with E-state index >= 15 is 0 Å². The van der Waals surface area contributed by atoms with E-state index in [0.717, 1.165) is 51.4 Å². The van der Waals surface area contributed by atoms with Crippen molar-refractivity contribution in [1.82, 2.24) is 9.47 Å². The quantitative estimate of drug-likeness (QED) is 0.154. The molecular formula is C29H32N2O6S2. The molecule has 0 saturated heterocycles. The van der Waals surface area contributed by atoms with Gasteiger partial charge in [0.2, 0.25) is 5.60 Å². The molecule has 1 aliphatic carbocycles. The van der Waals surface area contributed by atoms with Crippen LogP contribution in [0.15, 0.2) is 62.4 Å². The van der Waals surface area contributed by atoms with Gasteiger partial charge in [0.05, 0.1) is 15.3 Å². The number of aryl methyl sites for hydroxylation is 1. The highest BCUT2D eigenvalue weighted by molar-refractivity contribution is 7.12. The van der Waals surface area contributed by atoms with Crippen molar-refractivity contribution in [2.45, 2.75) is 62.8 Å². The number of hydrogen-bond acceptors (Lipinski definition) is 9. The van der Waals surface area contributed by atoms with Gasteiger partial charge in [-0.05, 0) is 93.2 Å². The summed E-state index contributed by atoms with van der Waals surface area (Å²) < 4.78 is 12.8. The minimum Gasteiger partial charge on any atom is -0.460 e. The second kappa shape index (κ2) is 12.0. The third kappa shape index (κ3) is 5.79. The van der Waals surface area contributed by atoms with E-state index in [1.807, 2.05) is 22.9 Å². The first-order valence-electron chi connectivity index (χ1n) is 13.2. The van der Waals surface area contributed by atoms with Crippen molar-refractivity contribution in [2.75, 3.05) is 13.6 Å². The Morgan fingerprint density at radius 3 is 2.44 bits per heavy atom. The Balaban J connectivity index is 1.09. The number of aliphatic hydroxyl groups is 1. The first kappa shape index (κ1) is 27.5. The Morgan fingerprint density at radius 2 is 1.82 bits per heavy atom. The van der Waals surface area contributed by atoms with Gasteiger partial charge >= 0.3 is 11.7 Å². The largest absolute Gasteiger partial charge is 0.460 e. The number of nitrogens with zero attached hydrogens (tertiary/aromatic N) is 2. The Labute approximate surface area is 234 Å². The minimum absolute atomic E-state index is 0.213.